The lowest BCUT2D eigenvalue weighted by atomic mass is 9.87. The minimum absolute atomic E-state index is 0.0536. The fraction of sp³-hybridized carbons (Fsp3) is 0.333. The Bertz CT molecular complexity index is 1060. The SMILES string of the molecule is O=C(O)Oc1sc(C2=NOC(c3cc(Cl)c(Cl)c(Cl)c3)(C(F)(F)F)C2)c2c1CCC2. The van der Waals surface area contributed by atoms with Gasteiger partial charge in [0.25, 0.3) is 5.60 Å². The van der Waals surface area contributed by atoms with E-state index in [-0.39, 0.29) is 31.4 Å². The molecule has 0 saturated heterocycles. The zero-order valence-electron chi connectivity index (χ0n) is 14.8. The maximum Gasteiger partial charge on any atom is 0.512 e. The number of alkyl halides is 3. The molecular formula is C18H11Cl3F3NO4S. The van der Waals surface area contributed by atoms with Crippen LogP contribution in [0.4, 0.5) is 18.0 Å². The third kappa shape index (κ3) is 3.41. The molecule has 1 unspecified atom stereocenters. The fourth-order valence-corrected chi connectivity index (χ4v) is 5.46. The van der Waals surface area contributed by atoms with Gasteiger partial charge in [0, 0.05) is 11.1 Å². The van der Waals surface area contributed by atoms with Crippen molar-refractivity contribution in [3.05, 3.63) is 48.8 Å². The highest BCUT2D eigenvalue weighted by Gasteiger charge is 2.63. The van der Waals surface area contributed by atoms with Gasteiger partial charge in [0.05, 0.1) is 26.4 Å². The van der Waals surface area contributed by atoms with Gasteiger partial charge in [0.1, 0.15) is 5.71 Å². The van der Waals surface area contributed by atoms with Crippen LogP contribution in [0.5, 0.6) is 5.06 Å². The van der Waals surface area contributed by atoms with Gasteiger partial charge in [-0.05, 0) is 37.0 Å². The number of oxime groups is 1. The molecule has 12 heteroatoms. The summed E-state index contributed by atoms with van der Waals surface area (Å²) in [7, 11) is 0. The van der Waals surface area contributed by atoms with Crippen molar-refractivity contribution in [3.8, 4) is 5.06 Å². The topological polar surface area (TPSA) is 68.1 Å². The smallest absolute Gasteiger partial charge is 0.449 e. The number of ether oxygens (including phenoxy) is 1. The fourth-order valence-electron chi connectivity index (χ4n) is 3.64. The van der Waals surface area contributed by atoms with Gasteiger partial charge in [-0.2, -0.15) is 13.2 Å². The van der Waals surface area contributed by atoms with Crippen LogP contribution in [0.25, 0.3) is 0 Å². The van der Waals surface area contributed by atoms with Gasteiger partial charge in [-0.3, -0.25) is 0 Å². The van der Waals surface area contributed by atoms with E-state index in [1.165, 1.54) is 0 Å². The minimum atomic E-state index is -4.85. The zero-order chi connectivity index (χ0) is 21.8. The highest BCUT2D eigenvalue weighted by molar-refractivity contribution is 7.16. The van der Waals surface area contributed by atoms with E-state index in [0.717, 1.165) is 35.5 Å². The Labute approximate surface area is 186 Å². The molecule has 4 rings (SSSR count). The predicted octanol–water partition coefficient (Wildman–Crippen LogP) is 6.84. The summed E-state index contributed by atoms with van der Waals surface area (Å²) in [6.07, 6.45) is -5.07. The van der Waals surface area contributed by atoms with Gasteiger partial charge >= 0.3 is 12.3 Å². The molecule has 1 atom stereocenters. The van der Waals surface area contributed by atoms with Crippen LogP contribution in [0.3, 0.4) is 0 Å². The van der Waals surface area contributed by atoms with Crippen LogP contribution in [0.15, 0.2) is 17.3 Å². The van der Waals surface area contributed by atoms with Crippen molar-refractivity contribution in [2.75, 3.05) is 0 Å². The normalized spacial score (nSPS) is 20.7. The molecule has 5 nitrogen and oxygen atoms in total. The van der Waals surface area contributed by atoms with E-state index >= 15 is 0 Å². The molecule has 0 amide bonds. The first kappa shape index (κ1) is 21.5. The van der Waals surface area contributed by atoms with Gasteiger partial charge < -0.3 is 14.7 Å². The van der Waals surface area contributed by atoms with E-state index in [1.54, 1.807) is 0 Å². The number of fused-ring (bicyclic) bond motifs is 1. The zero-order valence-corrected chi connectivity index (χ0v) is 17.9. The molecule has 1 aliphatic carbocycles. The first-order valence-corrected chi connectivity index (χ1v) is 10.5. The van der Waals surface area contributed by atoms with Gasteiger partial charge in [0.15, 0.2) is 5.06 Å². The molecule has 0 bridgehead atoms. The second-order valence-electron chi connectivity index (χ2n) is 6.78. The summed E-state index contributed by atoms with van der Waals surface area (Å²) in [6, 6.07) is 2.11. The van der Waals surface area contributed by atoms with Gasteiger partial charge in [-0.1, -0.05) is 51.3 Å². The molecule has 0 spiro atoms. The van der Waals surface area contributed by atoms with Crippen LogP contribution in [0.2, 0.25) is 15.1 Å². The molecule has 160 valence electrons. The summed E-state index contributed by atoms with van der Waals surface area (Å²) in [5, 5.41) is 12.5. The monoisotopic (exact) mass is 499 g/mol. The largest absolute Gasteiger partial charge is 0.512 e. The molecule has 1 aliphatic heterocycles. The van der Waals surface area contributed by atoms with E-state index in [1.807, 2.05) is 0 Å². The molecule has 1 N–H and O–H groups in total. The van der Waals surface area contributed by atoms with Crippen LogP contribution in [-0.4, -0.2) is 23.1 Å². The second-order valence-corrected chi connectivity index (χ2v) is 8.96. The lowest BCUT2D eigenvalue weighted by Gasteiger charge is -2.29. The maximum atomic E-state index is 14.2. The van der Waals surface area contributed by atoms with Crippen LogP contribution in [0.1, 0.15) is 34.4 Å². The van der Waals surface area contributed by atoms with Crippen LogP contribution >= 0.6 is 46.1 Å². The van der Waals surface area contributed by atoms with Crippen LogP contribution in [0, 0.1) is 0 Å². The Morgan fingerprint density at radius 2 is 1.83 bits per heavy atom. The van der Waals surface area contributed by atoms with Gasteiger partial charge in [-0.25, -0.2) is 4.79 Å². The molecule has 0 saturated carbocycles. The number of thiophene rings is 1. The molecule has 2 heterocycles. The van der Waals surface area contributed by atoms with Crippen molar-refractivity contribution in [2.24, 2.45) is 5.16 Å². The molecule has 1 aromatic carbocycles. The average Bonchev–Trinajstić information content (AvgIpc) is 3.34. The average molecular weight is 501 g/mol. The van der Waals surface area contributed by atoms with Crippen LogP contribution in [-0.2, 0) is 23.3 Å². The number of carboxylic acid groups (broad SMARTS) is 1. The first-order chi connectivity index (χ1) is 14.0. The molecule has 30 heavy (non-hydrogen) atoms. The molecule has 1 aromatic heterocycles. The van der Waals surface area contributed by atoms with Crippen molar-refractivity contribution < 1.29 is 32.6 Å². The Kier molecular flexibility index (Phi) is 5.37. The quantitative estimate of drug-likeness (QED) is 0.370. The van der Waals surface area contributed by atoms with E-state index < -0.39 is 24.4 Å². The third-order valence-electron chi connectivity index (χ3n) is 5.01. The Morgan fingerprint density at radius 3 is 2.43 bits per heavy atom. The third-order valence-corrected chi connectivity index (χ3v) is 7.41. The second kappa shape index (κ2) is 7.47. The summed E-state index contributed by atoms with van der Waals surface area (Å²) >= 11 is 18.7. The summed E-state index contributed by atoms with van der Waals surface area (Å²) < 4.78 is 47.4. The molecule has 2 aliphatic rings. The van der Waals surface area contributed by atoms with Gasteiger partial charge in [-0.15, -0.1) is 0 Å². The Morgan fingerprint density at radius 1 is 1.20 bits per heavy atom. The number of hydrogen-bond donors (Lipinski definition) is 1. The minimum Gasteiger partial charge on any atom is -0.449 e. The predicted molar refractivity (Wildman–Crippen MR) is 106 cm³/mol. The summed E-state index contributed by atoms with van der Waals surface area (Å²) in [6.45, 7) is 0. The molecular weight excluding hydrogens is 490 g/mol. The lowest BCUT2D eigenvalue weighted by Crippen LogP contribution is -2.42. The molecule has 0 fully saturated rings. The standard InChI is InChI=1S/C18H11Cl3F3NO4S/c19-10-4-7(5-11(20)13(10)21)17(18(22,23)24)6-12(25-29-17)14-8-2-1-3-9(8)15(30-14)28-16(26)27/h4-5H,1-3,6H2,(H,26,27). The van der Waals surface area contributed by atoms with E-state index in [4.69, 9.17) is 49.5 Å². The van der Waals surface area contributed by atoms with Crippen molar-refractivity contribution in [3.63, 3.8) is 0 Å². The number of benzene rings is 1. The summed E-state index contributed by atoms with van der Waals surface area (Å²) in [4.78, 5) is 16.4. The number of hydrogen-bond acceptors (Lipinski definition) is 5. The van der Waals surface area contributed by atoms with Crippen molar-refractivity contribution in [2.45, 2.75) is 37.5 Å². The first-order valence-electron chi connectivity index (χ1n) is 8.56. The number of halogens is 6. The number of rotatable bonds is 3. The van der Waals surface area contributed by atoms with Gasteiger partial charge in [0.2, 0.25) is 0 Å². The Balaban J connectivity index is 1.76. The highest BCUT2D eigenvalue weighted by Crippen LogP contribution is 2.52. The Hall–Kier alpha value is -1.68. The van der Waals surface area contributed by atoms with Crippen LogP contribution < -0.4 is 4.74 Å². The van der Waals surface area contributed by atoms with Crippen molar-refractivity contribution >= 4 is 58.0 Å². The number of nitrogens with zero attached hydrogens (tertiary/aromatic N) is 1. The molecule has 0 radical (unpaired) electrons. The highest BCUT2D eigenvalue weighted by atomic mass is 35.5. The van der Waals surface area contributed by atoms with E-state index in [9.17, 15) is 18.0 Å². The number of carbonyl (C=O) groups is 1. The van der Waals surface area contributed by atoms with Crippen molar-refractivity contribution in [1.82, 2.24) is 0 Å². The van der Waals surface area contributed by atoms with E-state index in [0.29, 0.717) is 23.3 Å². The lowest BCUT2D eigenvalue weighted by molar-refractivity contribution is -0.275. The van der Waals surface area contributed by atoms with Crippen molar-refractivity contribution in [1.29, 1.82) is 0 Å². The maximum absolute atomic E-state index is 14.2. The summed E-state index contributed by atoms with van der Waals surface area (Å²) in [5.41, 5.74) is -1.66. The summed E-state index contributed by atoms with van der Waals surface area (Å²) in [5.74, 6) is 0. The molecule has 2 aromatic rings. The van der Waals surface area contributed by atoms with E-state index in [2.05, 4.69) is 5.16 Å².